The molecule has 0 aliphatic carbocycles. The smallest absolute Gasteiger partial charge is 0.411 e. The van der Waals surface area contributed by atoms with Gasteiger partial charge in [-0.15, -0.1) is 0 Å². The van der Waals surface area contributed by atoms with Gasteiger partial charge >= 0.3 is 6.09 Å². The number of nitrogens with one attached hydrogen (secondary N) is 1. The second kappa shape index (κ2) is 7.67. The van der Waals surface area contributed by atoms with E-state index in [1.165, 1.54) is 24.9 Å². The largest absolute Gasteiger partial charge is 0.465 e. The van der Waals surface area contributed by atoms with Crippen molar-refractivity contribution < 1.29 is 19.1 Å². The number of carbonyl (C=O) groups is 2. The van der Waals surface area contributed by atoms with Gasteiger partial charge in [0.1, 0.15) is 12.0 Å². The molecule has 9 heteroatoms. The summed E-state index contributed by atoms with van der Waals surface area (Å²) in [5.74, 6) is 0.0164. The van der Waals surface area contributed by atoms with Crippen LogP contribution in [-0.4, -0.2) is 31.5 Å². The van der Waals surface area contributed by atoms with Crippen LogP contribution in [0.15, 0.2) is 51.5 Å². The highest BCUT2D eigenvalue weighted by Gasteiger charge is 2.21. The number of hydrogen-bond donors (Lipinski definition) is 2. The SMILES string of the molecule is CC(=O)c1nc(Sc2coc(NC(=O)O)c2C(C)C)ncc1-n1cccc1. The van der Waals surface area contributed by atoms with Gasteiger partial charge in [0.15, 0.2) is 10.9 Å². The van der Waals surface area contributed by atoms with Crippen LogP contribution in [0.25, 0.3) is 5.69 Å². The summed E-state index contributed by atoms with van der Waals surface area (Å²) in [5, 5.41) is 11.6. The molecule has 2 N–H and O–H groups in total. The molecule has 3 rings (SSSR count). The normalized spacial score (nSPS) is 11.0. The Morgan fingerprint density at radius 1 is 1.30 bits per heavy atom. The number of aromatic nitrogens is 3. The van der Waals surface area contributed by atoms with Crippen LogP contribution in [0.5, 0.6) is 0 Å². The first kappa shape index (κ1) is 18.7. The molecule has 27 heavy (non-hydrogen) atoms. The van der Waals surface area contributed by atoms with Gasteiger partial charge in [-0.05, 0) is 29.8 Å². The molecule has 3 heterocycles. The number of rotatable bonds is 6. The van der Waals surface area contributed by atoms with E-state index >= 15 is 0 Å². The van der Waals surface area contributed by atoms with Gasteiger partial charge < -0.3 is 14.1 Å². The highest BCUT2D eigenvalue weighted by Crippen LogP contribution is 2.38. The molecule has 0 fully saturated rings. The van der Waals surface area contributed by atoms with E-state index in [9.17, 15) is 9.59 Å². The Morgan fingerprint density at radius 2 is 2.00 bits per heavy atom. The lowest BCUT2D eigenvalue weighted by Crippen LogP contribution is -2.09. The molecular weight excluding hydrogens is 368 g/mol. The fraction of sp³-hybridized carbons (Fsp3) is 0.222. The molecule has 0 aliphatic rings. The molecule has 8 nitrogen and oxygen atoms in total. The second-order valence-electron chi connectivity index (χ2n) is 6.06. The molecule has 0 spiro atoms. The third-order valence-electron chi connectivity index (χ3n) is 3.76. The monoisotopic (exact) mass is 386 g/mol. The molecule has 0 saturated heterocycles. The van der Waals surface area contributed by atoms with Gasteiger partial charge in [0.25, 0.3) is 0 Å². The maximum absolute atomic E-state index is 12.1. The molecule has 0 saturated carbocycles. The second-order valence-corrected chi connectivity index (χ2v) is 7.07. The number of Topliss-reactive ketones (excluding diaryl/α,β-unsaturated/α-hetero) is 1. The summed E-state index contributed by atoms with van der Waals surface area (Å²) < 4.78 is 7.14. The molecular formula is C18H18N4O4S. The van der Waals surface area contributed by atoms with Crippen LogP contribution < -0.4 is 5.32 Å². The lowest BCUT2D eigenvalue weighted by molar-refractivity contribution is 0.101. The first-order valence-electron chi connectivity index (χ1n) is 8.17. The van der Waals surface area contributed by atoms with E-state index in [4.69, 9.17) is 9.52 Å². The zero-order valence-electron chi connectivity index (χ0n) is 15.0. The Morgan fingerprint density at radius 3 is 2.59 bits per heavy atom. The van der Waals surface area contributed by atoms with E-state index in [2.05, 4.69) is 15.3 Å². The molecule has 1 amide bonds. The van der Waals surface area contributed by atoms with Gasteiger partial charge in [-0.25, -0.2) is 14.8 Å². The van der Waals surface area contributed by atoms with Crippen LogP contribution in [0.4, 0.5) is 10.7 Å². The summed E-state index contributed by atoms with van der Waals surface area (Å²) in [6.07, 6.45) is 5.48. The Balaban J connectivity index is 1.97. The molecule has 0 aromatic carbocycles. The molecule has 3 aromatic rings. The first-order valence-corrected chi connectivity index (χ1v) is 8.99. The minimum absolute atomic E-state index is 0.0134. The number of carbonyl (C=O) groups excluding carboxylic acids is 1. The van der Waals surface area contributed by atoms with Gasteiger partial charge in [-0.2, -0.15) is 0 Å². The summed E-state index contributed by atoms with van der Waals surface area (Å²) in [6.45, 7) is 5.31. The zero-order chi connectivity index (χ0) is 19.6. The van der Waals surface area contributed by atoms with Gasteiger partial charge in [0.05, 0.1) is 16.8 Å². The van der Waals surface area contributed by atoms with Crippen molar-refractivity contribution in [1.82, 2.24) is 14.5 Å². The van der Waals surface area contributed by atoms with Crippen LogP contribution in [-0.2, 0) is 0 Å². The number of carboxylic acid groups (broad SMARTS) is 1. The number of amides is 1. The third-order valence-corrected chi connectivity index (χ3v) is 4.67. The van der Waals surface area contributed by atoms with Crippen molar-refractivity contribution >= 4 is 29.5 Å². The quantitative estimate of drug-likeness (QED) is 0.476. The number of hydrogen-bond acceptors (Lipinski definition) is 6. The van der Waals surface area contributed by atoms with Gasteiger partial charge in [-0.1, -0.05) is 13.8 Å². The topological polar surface area (TPSA) is 110 Å². The van der Waals surface area contributed by atoms with E-state index in [0.29, 0.717) is 27.0 Å². The fourth-order valence-electron chi connectivity index (χ4n) is 2.62. The lowest BCUT2D eigenvalue weighted by Gasteiger charge is -2.10. The summed E-state index contributed by atoms with van der Waals surface area (Å²) >= 11 is 1.22. The third kappa shape index (κ3) is 4.03. The van der Waals surface area contributed by atoms with Crippen LogP contribution in [0, 0.1) is 0 Å². The standard InChI is InChI=1S/C18H18N4O4S/c1-10(2)14-13(9-26-16(14)21-18(24)25)27-17-19-8-12(15(20-17)11(3)23)22-6-4-5-7-22/h4-10,21H,1-3H3,(H,24,25). The predicted octanol–water partition coefficient (Wildman–Crippen LogP) is 4.43. The first-order chi connectivity index (χ1) is 12.9. The maximum atomic E-state index is 12.1. The molecule has 0 bridgehead atoms. The molecule has 3 aromatic heterocycles. The van der Waals surface area contributed by atoms with Crippen LogP contribution in [0.3, 0.4) is 0 Å². The van der Waals surface area contributed by atoms with Crippen LogP contribution in [0.2, 0.25) is 0 Å². The molecule has 0 atom stereocenters. The van der Waals surface area contributed by atoms with Crippen molar-refractivity contribution in [2.75, 3.05) is 5.32 Å². The van der Waals surface area contributed by atoms with Gasteiger partial charge in [0, 0.05) is 24.9 Å². The van der Waals surface area contributed by atoms with E-state index in [-0.39, 0.29) is 17.6 Å². The van der Waals surface area contributed by atoms with Crippen molar-refractivity contribution in [2.45, 2.75) is 36.7 Å². The maximum Gasteiger partial charge on any atom is 0.411 e. The van der Waals surface area contributed by atoms with E-state index in [1.807, 2.05) is 38.4 Å². The summed E-state index contributed by atoms with van der Waals surface area (Å²) in [7, 11) is 0. The van der Waals surface area contributed by atoms with Gasteiger partial charge in [0.2, 0.25) is 5.88 Å². The van der Waals surface area contributed by atoms with Crippen molar-refractivity contribution in [3.05, 3.63) is 48.2 Å². The molecule has 140 valence electrons. The van der Waals surface area contributed by atoms with E-state index in [0.717, 1.165) is 0 Å². The molecule has 0 aliphatic heterocycles. The highest BCUT2D eigenvalue weighted by atomic mass is 32.2. The van der Waals surface area contributed by atoms with Crippen molar-refractivity contribution in [3.63, 3.8) is 0 Å². The Hall–Kier alpha value is -3.07. The minimum atomic E-state index is -1.20. The molecule has 0 radical (unpaired) electrons. The Bertz CT molecular complexity index is 979. The van der Waals surface area contributed by atoms with Gasteiger partial charge in [-0.3, -0.25) is 10.1 Å². The Labute approximate surface area is 159 Å². The fourth-order valence-corrected chi connectivity index (χ4v) is 3.59. The zero-order valence-corrected chi connectivity index (χ0v) is 15.8. The van der Waals surface area contributed by atoms with E-state index in [1.54, 1.807) is 10.8 Å². The number of anilines is 1. The number of furan rings is 1. The summed E-state index contributed by atoms with van der Waals surface area (Å²) in [6, 6.07) is 3.70. The number of nitrogens with zero attached hydrogens (tertiary/aromatic N) is 3. The van der Waals surface area contributed by atoms with Crippen LogP contribution >= 0.6 is 11.8 Å². The minimum Gasteiger partial charge on any atom is -0.465 e. The van der Waals surface area contributed by atoms with Crippen LogP contribution in [0.1, 0.15) is 42.7 Å². The summed E-state index contributed by atoms with van der Waals surface area (Å²) in [4.78, 5) is 32.4. The van der Waals surface area contributed by atoms with E-state index < -0.39 is 6.09 Å². The lowest BCUT2D eigenvalue weighted by atomic mass is 10.1. The van der Waals surface area contributed by atoms with Crippen molar-refractivity contribution in [3.8, 4) is 5.69 Å². The Kier molecular flexibility index (Phi) is 5.31. The number of ketones is 1. The molecule has 0 unspecified atom stereocenters. The predicted molar refractivity (Wildman–Crippen MR) is 99.9 cm³/mol. The van der Waals surface area contributed by atoms with Crippen molar-refractivity contribution in [2.24, 2.45) is 0 Å². The summed E-state index contributed by atoms with van der Waals surface area (Å²) in [5.41, 5.74) is 1.62. The van der Waals surface area contributed by atoms with Crippen molar-refractivity contribution in [1.29, 1.82) is 0 Å². The highest BCUT2D eigenvalue weighted by molar-refractivity contribution is 7.99. The average molecular weight is 386 g/mol. The average Bonchev–Trinajstić information content (AvgIpc) is 3.24.